The van der Waals surface area contributed by atoms with Crippen molar-refractivity contribution in [2.75, 3.05) is 5.32 Å². The Morgan fingerprint density at radius 1 is 1.39 bits per heavy atom. The molecule has 0 saturated heterocycles. The number of carbonyl (C=O) groups excluding carboxylic acids is 1. The third kappa shape index (κ3) is 3.86. The molecule has 1 atom stereocenters. The lowest BCUT2D eigenvalue weighted by atomic mass is 9.87. The van der Waals surface area contributed by atoms with Gasteiger partial charge >= 0.3 is 0 Å². The lowest BCUT2D eigenvalue weighted by Gasteiger charge is -2.25. The van der Waals surface area contributed by atoms with Crippen LogP contribution in [0.3, 0.4) is 0 Å². The average molecular weight is 245 g/mol. The van der Waals surface area contributed by atoms with Gasteiger partial charge in [-0.25, -0.2) is 0 Å². The number of hydrogen-bond acceptors (Lipinski definition) is 3. The molecule has 0 radical (unpaired) electrons. The van der Waals surface area contributed by atoms with Crippen LogP contribution in [0.15, 0.2) is 24.3 Å². The summed E-state index contributed by atoms with van der Waals surface area (Å²) < 4.78 is 0. The number of amides is 1. The van der Waals surface area contributed by atoms with Gasteiger partial charge in [0.1, 0.15) is 0 Å². The van der Waals surface area contributed by atoms with E-state index in [1.165, 1.54) is 0 Å². The van der Waals surface area contributed by atoms with Gasteiger partial charge in [-0.15, -0.1) is 0 Å². The molecule has 4 nitrogen and oxygen atoms in total. The summed E-state index contributed by atoms with van der Waals surface area (Å²) >= 11 is 0. The maximum Gasteiger partial charge on any atom is 0.241 e. The zero-order chi connectivity index (χ0) is 13.8. The van der Waals surface area contributed by atoms with Gasteiger partial charge in [-0.3, -0.25) is 4.79 Å². The SMILES string of the molecule is CC(C)(C)[C@H](N)C(=O)Nc1ccc(CC#N)cc1. The van der Waals surface area contributed by atoms with E-state index in [0.29, 0.717) is 12.1 Å². The molecule has 1 aromatic carbocycles. The van der Waals surface area contributed by atoms with Gasteiger partial charge in [0.05, 0.1) is 18.5 Å². The van der Waals surface area contributed by atoms with Crippen molar-refractivity contribution in [2.24, 2.45) is 11.1 Å². The van der Waals surface area contributed by atoms with Gasteiger partial charge in [0.2, 0.25) is 5.91 Å². The second-order valence-electron chi connectivity index (χ2n) is 5.36. The van der Waals surface area contributed by atoms with E-state index in [1.54, 1.807) is 12.1 Å². The fourth-order valence-electron chi connectivity index (χ4n) is 1.41. The fourth-order valence-corrected chi connectivity index (χ4v) is 1.41. The molecule has 0 fully saturated rings. The maximum absolute atomic E-state index is 11.9. The molecule has 0 bridgehead atoms. The van der Waals surface area contributed by atoms with Crippen LogP contribution in [0, 0.1) is 16.7 Å². The van der Waals surface area contributed by atoms with E-state index >= 15 is 0 Å². The van der Waals surface area contributed by atoms with Crippen molar-refractivity contribution in [1.82, 2.24) is 0 Å². The first-order chi connectivity index (χ1) is 8.34. The van der Waals surface area contributed by atoms with Gasteiger partial charge < -0.3 is 11.1 Å². The highest BCUT2D eigenvalue weighted by atomic mass is 16.2. The summed E-state index contributed by atoms with van der Waals surface area (Å²) in [7, 11) is 0. The van der Waals surface area contributed by atoms with E-state index in [0.717, 1.165) is 5.56 Å². The van der Waals surface area contributed by atoms with E-state index in [2.05, 4.69) is 11.4 Å². The molecule has 3 N–H and O–H groups in total. The number of anilines is 1. The Morgan fingerprint density at radius 2 is 1.94 bits per heavy atom. The second-order valence-corrected chi connectivity index (χ2v) is 5.36. The molecule has 0 unspecified atom stereocenters. The molecule has 1 amide bonds. The van der Waals surface area contributed by atoms with E-state index < -0.39 is 6.04 Å². The van der Waals surface area contributed by atoms with Crippen LogP contribution in [0.2, 0.25) is 0 Å². The maximum atomic E-state index is 11.9. The molecule has 0 aromatic heterocycles. The van der Waals surface area contributed by atoms with Crippen LogP contribution in [0.25, 0.3) is 0 Å². The summed E-state index contributed by atoms with van der Waals surface area (Å²) in [6, 6.07) is 8.71. The van der Waals surface area contributed by atoms with E-state index in [4.69, 9.17) is 11.0 Å². The molecule has 0 heterocycles. The van der Waals surface area contributed by atoms with Crippen LogP contribution in [-0.2, 0) is 11.2 Å². The normalized spacial score (nSPS) is 12.6. The van der Waals surface area contributed by atoms with Crippen molar-refractivity contribution in [3.05, 3.63) is 29.8 Å². The summed E-state index contributed by atoms with van der Waals surface area (Å²) in [5.41, 5.74) is 7.21. The standard InChI is InChI=1S/C14H19N3O/c1-14(2,3)12(16)13(18)17-11-6-4-10(5-7-11)8-9-15/h4-7,12H,8,16H2,1-3H3,(H,17,18)/t12-/m1/s1. The Labute approximate surface area is 108 Å². The predicted molar refractivity (Wildman–Crippen MR) is 71.8 cm³/mol. The molecule has 0 spiro atoms. The first-order valence-electron chi connectivity index (χ1n) is 5.87. The molecule has 0 aliphatic heterocycles. The summed E-state index contributed by atoms with van der Waals surface area (Å²) in [5, 5.41) is 11.3. The van der Waals surface area contributed by atoms with Gasteiger partial charge in [0.25, 0.3) is 0 Å². The fraction of sp³-hybridized carbons (Fsp3) is 0.429. The Hall–Kier alpha value is -1.86. The van der Waals surface area contributed by atoms with E-state index in [1.807, 2.05) is 32.9 Å². The quantitative estimate of drug-likeness (QED) is 0.855. The lowest BCUT2D eigenvalue weighted by Crippen LogP contribution is -2.45. The minimum atomic E-state index is -0.559. The highest BCUT2D eigenvalue weighted by molar-refractivity contribution is 5.95. The van der Waals surface area contributed by atoms with Gasteiger partial charge in [0, 0.05) is 5.69 Å². The highest BCUT2D eigenvalue weighted by Gasteiger charge is 2.27. The first-order valence-corrected chi connectivity index (χ1v) is 5.87. The van der Waals surface area contributed by atoms with Crippen LogP contribution in [0.5, 0.6) is 0 Å². The molecular formula is C14H19N3O. The molecule has 96 valence electrons. The topological polar surface area (TPSA) is 78.9 Å². The van der Waals surface area contributed by atoms with Crippen LogP contribution >= 0.6 is 0 Å². The van der Waals surface area contributed by atoms with E-state index in [9.17, 15) is 4.79 Å². The van der Waals surface area contributed by atoms with Gasteiger partial charge in [0.15, 0.2) is 0 Å². The van der Waals surface area contributed by atoms with Crippen LogP contribution < -0.4 is 11.1 Å². The molecule has 0 aliphatic rings. The van der Waals surface area contributed by atoms with Crippen molar-refractivity contribution in [3.63, 3.8) is 0 Å². The second kappa shape index (κ2) is 5.65. The third-order valence-corrected chi connectivity index (χ3v) is 2.72. The number of nitriles is 1. The lowest BCUT2D eigenvalue weighted by molar-refractivity contribution is -0.119. The zero-order valence-corrected chi connectivity index (χ0v) is 11.0. The summed E-state index contributed by atoms with van der Waals surface area (Å²) in [4.78, 5) is 11.9. The third-order valence-electron chi connectivity index (χ3n) is 2.72. The number of rotatable bonds is 3. The summed E-state index contributed by atoms with van der Waals surface area (Å²) in [5.74, 6) is -0.199. The highest BCUT2D eigenvalue weighted by Crippen LogP contribution is 2.19. The molecule has 4 heteroatoms. The van der Waals surface area contributed by atoms with Crippen molar-refractivity contribution in [3.8, 4) is 6.07 Å². The summed E-state index contributed by atoms with van der Waals surface area (Å²) in [6.45, 7) is 5.77. The van der Waals surface area contributed by atoms with Crippen molar-refractivity contribution in [1.29, 1.82) is 5.26 Å². The Balaban J connectivity index is 2.68. The van der Waals surface area contributed by atoms with Gasteiger partial charge in [-0.05, 0) is 23.1 Å². The molecule has 0 saturated carbocycles. The monoisotopic (exact) mass is 245 g/mol. The van der Waals surface area contributed by atoms with Crippen molar-refractivity contribution < 1.29 is 4.79 Å². The molecule has 0 aliphatic carbocycles. The van der Waals surface area contributed by atoms with Crippen LogP contribution in [-0.4, -0.2) is 11.9 Å². The minimum Gasteiger partial charge on any atom is -0.325 e. The minimum absolute atomic E-state index is 0.199. The number of hydrogen-bond donors (Lipinski definition) is 2. The number of nitrogens with two attached hydrogens (primary N) is 1. The number of carbonyl (C=O) groups is 1. The van der Waals surface area contributed by atoms with Crippen LogP contribution in [0.1, 0.15) is 26.3 Å². The number of nitrogens with zero attached hydrogens (tertiary/aromatic N) is 1. The molecule has 18 heavy (non-hydrogen) atoms. The zero-order valence-electron chi connectivity index (χ0n) is 11.0. The molecule has 1 aromatic rings. The largest absolute Gasteiger partial charge is 0.325 e. The molecule has 1 rings (SSSR count). The smallest absolute Gasteiger partial charge is 0.241 e. The average Bonchev–Trinajstić information content (AvgIpc) is 2.30. The van der Waals surface area contributed by atoms with E-state index in [-0.39, 0.29) is 11.3 Å². The van der Waals surface area contributed by atoms with Crippen molar-refractivity contribution in [2.45, 2.75) is 33.2 Å². The Morgan fingerprint density at radius 3 is 2.39 bits per heavy atom. The van der Waals surface area contributed by atoms with Gasteiger partial charge in [-0.2, -0.15) is 5.26 Å². The number of nitrogens with one attached hydrogen (secondary N) is 1. The Kier molecular flexibility index (Phi) is 4.46. The first kappa shape index (κ1) is 14.2. The predicted octanol–water partition coefficient (Wildman–Crippen LogP) is 2.06. The van der Waals surface area contributed by atoms with Gasteiger partial charge in [-0.1, -0.05) is 32.9 Å². The summed E-state index contributed by atoms with van der Waals surface area (Å²) in [6.07, 6.45) is 0.371. The van der Waals surface area contributed by atoms with Crippen LogP contribution in [0.4, 0.5) is 5.69 Å². The van der Waals surface area contributed by atoms with Crippen molar-refractivity contribution >= 4 is 11.6 Å². The molecular weight excluding hydrogens is 226 g/mol. The Bertz CT molecular complexity index is 451. The number of benzene rings is 1.